The van der Waals surface area contributed by atoms with Gasteiger partial charge < -0.3 is 15.8 Å². The fourth-order valence-corrected chi connectivity index (χ4v) is 1.94. The first-order valence-corrected chi connectivity index (χ1v) is 6.43. The number of nitrogens with one attached hydrogen (secondary N) is 2. The van der Waals surface area contributed by atoms with E-state index in [1.165, 1.54) is 6.92 Å². The van der Waals surface area contributed by atoms with Crippen LogP contribution in [0.5, 0.6) is 5.75 Å². The number of hydrogen-bond acceptors (Lipinski definition) is 4. The highest BCUT2D eigenvalue weighted by atomic mass is 79.9. The Balaban J connectivity index is 2.71. The molecule has 1 atom stereocenters. The monoisotopic (exact) mass is 329 g/mol. The Labute approximate surface area is 119 Å². The van der Waals surface area contributed by atoms with Gasteiger partial charge in [-0.15, -0.1) is 0 Å². The maximum Gasteiger partial charge on any atom is 0.318 e. The van der Waals surface area contributed by atoms with Crippen molar-refractivity contribution in [2.24, 2.45) is 5.73 Å². The number of urea groups is 1. The fraction of sp³-hybridized carbons (Fsp3) is 0.333. The third kappa shape index (κ3) is 4.88. The van der Waals surface area contributed by atoms with E-state index in [4.69, 9.17) is 10.5 Å². The summed E-state index contributed by atoms with van der Waals surface area (Å²) in [5.74, 6) is -0.0642. The van der Waals surface area contributed by atoms with Gasteiger partial charge in [-0.2, -0.15) is 0 Å². The van der Waals surface area contributed by atoms with Gasteiger partial charge >= 0.3 is 6.03 Å². The summed E-state index contributed by atoms with van der Waals surface area (Å²) in [5.41, 5.74) is 5.94. The Morgan fingerprint density at radius 3 is 2.68 bits per heavy atom. The number of ether oxygens (including phenoxy) is 1. The van der Waals surface area contributed by atoms with Gasteiger partial charge in [0, 0.05) is 6.54 Å². The molecule has 0 aromatic heterocycles. The molecule has 4 N–H and O–H groups in total. The first kappa shape index (κ1) is 15.5. The zero-order chi connectivity index (χ0) is 14.4. The fourth-order valence-electron chi connectivity index (χ4n) is 1.42. The lowest BCUT2D eigenvalue weighted by Gasteiger charge is -2.15. The minimum absolute atomic E-state index is 0.520. The molecule has 0 heterocycles. The number of primary amides is 1. The molecule has 0 radical (unpaired) electrons. The lowest BCUT2D eigenvalue weighted by atomic mass is 10.2. The number of halogens is 1. The van der Waals surface area contributed by atoms with E-state index in [9.17, 15) is 9.59 Å². The summed E-state index contributed by atoms with van der Waals surface area (Å²) in [6.45, 7) is 2.27. The van der Waals surface area contributed by atoms with Crippen LogP contribution in [0.4, 0.5) is 4.79 Å². The van der Waals surface area contributed by atoms with E-state index in [0.717, 1.165) is 16.6 Å². The minimum atomic E-state index is -0.899. The van der Waals surface area contributed by atoms with Crippen LogP contribution in [-0.4, -0.2) is 25.1 Å². The van der Waals surface area contributed by atoms with Crippen LogP contribution >= 0.6 is 15.9 Å². The molecule has 0 bridgehead atoms. The first-order chi connectivity index (χ1) is 8.93. The highest BCUT2D eigenvalue weighted by Gasteiger charge is 2.17. The molecule has 6 nitrogen and oxygen atoms in total. The van der Waals surface area contributed by atoms with Gasteiger partial charge in [0.1, 0.15) is 5.75 Å². The molecule has 0 aliphatic rings. The van der Waals surface area contributed by atoms with E-state index in [1.807, 2.05) is 24.5 Å². The van der Waals surface area contributed by atoms with Crippen molar-refractivity contribution in [1.29, 1.82) is 0 Å². The number of imide groups is 1. The van der Waals surface area contributed by atoms with E-state index in [1.54, 1.807) is 6.07 Å². The number of carbonyl (C=O) groups excluding carboxylic acids is 2. The molecule has 19 heavy (non-hydrogen) atoms. The van der Waals surface area contributed by atoms with Crippen LogP contribution < -0.4 is 21.1 Å². The lowest BCUT2D eigenvalue weighted by Crippen LogP contribution is -2.42. The average Bonchev–Trinajstić information content (AvgIpc) is 2.32. The zero-order valence-electron chi connectivity index (χ0n) is 10.7. The second kappa shape index (κ2) is 7.10. The van der Waals surface area contributed by atoms with Crippen LogP contribution in [0, 0.1) is 0 Å². The van der Waals surface area contributed by atoms with E-state index in [0.29, 0.717) is 5.75 Å². The van der Waals surface area contributed by atoms with Gasteiger partial charge in [0.15, 0.2) is 6.10 Å². The Hall–Kier alpha value is -1.60. The zero-order valence-corrected chi connectivity index (χ0v) is 12.3. The first-order valence-electron chi connectivity index (χ1n) is 5.64. The second-order valence-electron chi connectivity index (χ2n) is 3.91. The molecule has 3 amide bonds. The van der Waals surface area contributed by atoms with E-state index in [2.05, 4.69) is 21.2 Å². The number of amides is 3. The van der Waals surface area contributed by atoms with Gasteiger partial charge in [-0.25, -0.2) is 4.79 Å². The summed E-state index contributed by atoms with van der Waals surface area (Å²) in [7, 11) is 1.86. The molecule has 1 aromatic carbocycles. The predicted molar refractivity (Wildman–Crippen MR) is 74.7 cm³/mol. The van der Waals surface area contributed by atoms with Gasteiger partial charge in [0.2, 0.25) is 0 Å². The van der Waals surface area contributed by atoms with E-state index < -0.39 is 18.0 Å². The summed E-state index contributed by atoms with van der Waals surface area (Å²) in [4.78, 5) is 22.0. The van der Waals surface area contributed by atoms with Crippen molar-refractivity contribution in [1.82, 2.24) is 10.6 Å². The Kier molecular flexibility index (Phi) is 5.78. The molecule has 1 aromatic rings. The van der Waals surface area contributed by atoms with E-state index in [-0.39, 0.29) is 0 Å². The van der Waals surface area contributed by atoms with E-state index >= 15 is 0 Å². The Morgan fingerprint density at radius 1 is 1.47 bits per heavy atom. The molecule has 0 saturated carbocycles. The van der Waals surface area contributed by atoms with Crippen LogP contribution in [0.3, 0.4) is 0 Å². The van der Waals surface area contributed by atoms with Crippen LogP contribution in [0.25, 0.3) is 0 Å². The maximum atomic E-state index is 11.5. The summed E-state index contributed by atoms with van der Waals surface area (Å²) in [6.07, 6.45) is -0.820. The Bertz CT molecular complexity index is 479. The van der Waals surface area contributed by atoms with Gasteiger partial charge in [-0.1, -0.05) is 6.07 Å². The minimum Gasteiger partial charge on any atom is -0.480 e. The molecular formula is C12H16BrN3O3. The molecule has 104 valence electrons. The molecule has 7 heteroatoms. The third-order valence-corrected chi connectivity index (χ3v) is 2.92. The van der Waals surface area contributed by atoms with Crippen LogP contribution in [-0.2, 0) is 11.3 Å². The smallest absolute Gasteiger partial charge is 0.318 e. The molecule has 1 rings (SSSR count). The highest BCUT2D eigenvalue weighted by Crippen LogP contribution is 2.26. The number of hydrogen-bond donors (Lipinski definition) is 3. The largest absolute Gasteiger partial charge is 0.480 e. The average molecular weight is 330 g/mol. The quantitative estimate of drug-likeness (QED) is 0.754. The predicted octanol–water partition coefficient (Wildman–Crippen LogP) is 1.13. The summed E-state index contributed by atoms with van der Waals surface area (Å²) in [5, 5.41) is 5.00. The maximum absolute atomic E-state index is 11.5. The van der Waals surface area contributed by atoms with Crippen molar-refractivity contribution in [3.8, 4) is 5.75 Å². The lowest BCUT2D eigenvalue weighted by molar-refractivity contribution is -0.126. The van der Waals surface area contributed by atoms with Gasteiger partial charge in [-0.05, 0) is 47.6 Å². The molecule has 0 aliphatic carbocycles. The number of carbonyl (C=O) groups is 2. The standard InChI is InChI=1S/C12H16BrN3O3/c1-7(11(17)16-12(14)18)19-10-4-3-8(6-15-2)5-9(10)13/h3-5,7,15H,6H2,1-2H3,(H3,14,16,17,18). The van der Waals surface area contributed by atoms with Crippen molar-refractivity contribution in [2.45, 2.75) is 19.6 Å². The summed E-state index contributed by atoms with van der Waals surface area (Å²) < 4.78 is 6.19. The van der Waals surface area contributed by atoms with Crippen molar-refractivity contribution in [2.75, 3.05) is 7.05 Å². The van der Waals surface area contributed by atoms with Crippen LogP contribution in [0.15, 0.2) is 22.7 Å². The second-order valence-corrected chi connectivity index (χ2v) is 4.76. The summed E-state index contributed by atoms with van der Waals surface area (Å²) >= 11 is 3.37. The molecule has 1 unspecified atom stereocenters. The topological polar surface area (TPSA) is 93.4 Å². The molecular weight excluding hydrogens is 314 g/mol. The third-order valence-electron chi connectivity index (χ3n) is 2.30. The van der Waals surface area contributed by atoms with Crippen molar-refractivity contribution < 1.29 is 14.3 Å². The highest BCUT2D eigenvalue weighted by molar-refractivity contribution is 9.10. The van der Waals surface area contributed by atoms with Gasteiger partial charge in [-0.3, -0.25) is 10.1 Å². The number of nitrogens with two attached hydrogens (primary N) is 1. The molecule has 0 saturated heterocycles. The Morgan fingerprint density at radius 2 is 2.16 bits per heavy atom. The summed E-state index contributed by atoms with van der Waals surface area (Å²) in [6, 6.07) is 4.63. The van der Waals surface area contributed by atoms with Crippen molar-refractivity contribution >= 4 is 27.9 Å². The number of benzene rings is 1. The SMILES string of the molecule is CNCc1ccc(OC(C)C(=O)NC(N)=O)c(Br)c1. The van der Waals surface area contributed by atoms with Gasteiger partial charge in [0.05, 0.1) is 4.47 Å². The molecule has 0 fully saturated rings. The van der Waals surface area contributed by atoms with Crippen molar-refractivity contribution in [3.63, 3.8) is 0 Å². The molecule has 0 aliphatic heterocycles. The van der Waals surface area contributed by atoms with Gasteiger partial charge in [0.25, 0.3) is 5.91 Å². The molecule has 0 spiro atoms. The van der Waals surface area contributed by atoms with Crippen molar-refractivity contribution in [3.05, 3.63) is 28.2 Å². The normalized spacial score (nSPS) is 11.7. The van der Waals surface area contributed by atoms with Crippen LogP contribution in [0.1, 0.15) is 12.5 Å². The number of rotatable bonds is 5. The van der Waals surface area contributed by atoms with Crippen LogP contribution in [0.2, 0.25) is 0 Å².